The van der Waals surface area contributed by atoms with Crippen LogP contribution < -0.4 is 10.1 Å². The molecule has 0 saturated heterocycles. The molecule has 0 aliphatic heterocycles. The molecule has 2 atom stereocenters. The molecule has 0 saturated carbocycles. The molecular formula is C18H20FNO2. The van der Waals surface area contributed by atoms with Crippen molar-refractivity contribution in [1.82, 2.24) is 5.32 Å². The molecule has 2 aromatic carbocycles. The van der Waals surface area contributed by atoms with Gasteiger partial charge in [0.25, 0.3) is 0 Å². The maximum Gasteiger partial charge on any atom is 0.154 e. The van der Waals surface area contributed by atoms with Crippen molar-refractivity contribution in [2.24, 2.45) is 0 Å². The third-order valence-electron chi connectivity index (χ3n) is 4.19. The molecule has 0 bridgehead atoms. The molecule has 2 N–H and O–H groups in total. The summed E-state index contributed by atoms with van der Waals surface area (Å²) in [5.74, 6) is 0.446. The van der Waals surface area contributed by atoms with Crippen molar-refractivity contribution >= 4 is 0 Å². The van der Waals surface area contributed by atoms with Crippen molar-refractivity contribution in [2.75, 3.05) is 13.6 Å². The first-order valence-corrected chi connectivity index (χ1v) is 7.41. The third-order valence-corrected chi connectivity index (χ3v) is 4.19. The second kappa shape index (κ2) is 5.71. The highest BCUT2D eigenvalue weighted by atomic mass is 19.1. The number of halogens is 1. The number of para-hydroxylation sites is 1. The molecule has 0 heterocycles. The summed E-state index contributed by atoms with van der Waals surface area (Å²) in [7, 11) is 1.78. The van der Waals surface area contributed by atoms with E-state index in [0.717, 1.165) is 22.4 Å². The summed E-state index contributed by atoms with van der Waals surface area (Å²) in [6.45, 7) is 2.34. The number of aryl methyl sites for hydroxylation is 1. The Morgan fingerprint density at radius 2 is 2.09 bits per heavy atom. The monoisotopic (exact) mass is 301 g/mol. The van der Waals surface area contributed by atoms with Crippen LogP contribution in [0.5, 0.6) is 5.75 Å². The number of fused-ring (bicyclic) bond motifs is 1. The zero-order valence-electron chi connectivity index (χ0n) is 12.8. The van der Waals surface area contributed by atoms with E-state index in [-0.39, 0.29) is 5.82 Å². The Balaban J connectivity index is 2.00. The number of rotatable bonds is 4. The molecule has 3 nitrogen and oxygen atoms in total. The Morgan fingerprint density at radius 3 is 2.82 bits per heavy atom. The number of aliphatic hydroxyl groups is 1. The van der Waals surface area contributed by atoms with Gasteiger partial charge in [-0.2, -0.15) is 0 Å². The van der Waals surface area contributed by atoms with Crippen molar-refractivity contribution in [3.63, 3.8) is 0 Å². The lowest BCUT2D eigenvalue weighted by Gasteiger charge is -2.31. The average molecular weight is 301 g/mol. The number of hydrogen-bond donors (Lipinski definition) is 2. The first kappa shape index (κ1) is 15.0. The highest BCUT2D eigenvalue weighted by Gasteiger charge is 2.46. The molecule has 0 aromatic heterocycles. The molecule has 0 amide bonds. The molecule has 1 aliphatic rings. The van der Waals surface area contributed by atoms with Crippen molar-refractivity contribution in [2.45, 2.75) is 25.0 Å². The summed E-state index contributed by atoms with van der Waals surface area (Å²) >= 11 is 0. The number of hydrogen-bond acceptors (Lipinski definition) is 3. The second-order valence-electron chi connectivity index (χ2n) is 5.92. The zero-order chi connectivity index (χ0) is 15.7. The first-order chi connectivity index (χ1) is 10.5. The predicted octanol–water partition coefficient (Wildman–Crippen LogP) is 2.76. The van der Waals surface area contributed by atoms with Gasteiger partial charge < -0.3 is 15.2 Å². The molecule has 0 fully saturated rings. The van der Waals surface area contributed by atoms with E-state index in [1.54, 1.807) is 13.1 Å². The van der Waals surface area contributed by atoms with E-state index in [2.05, 4.69) is 5.32 Å². The summed E-state index contributed by atoms with van der Waals surface area (Å²) in [6, 6.07) is 12.3. The fourth-order valence-corrected chi connectivity index (χ4v) is 3.15. The molecule has 0 radical (unpaired) electrons. The van der Waals surface area contributed by atoms with Crippen LogP contribution in [-0.2, 0) is 6.42 Å². The van der Waals surface area contributed by atoms with E-state index in [9.17, 15) is 9.50 Å². The van der Waals surface area contributed by atoms with E-state index in [0.29, 0.717) is 13.0 Å². The standard InChI is InChI=1S/C18H20FNO2/c1-12-5-3-4-6-16(12)22-17-15-8-7-14(19)9-13(15)10-18(17,21)11-20-2/h3-9,17,20-21H,10-11H2,1-2H3. The molecule has 4 heteroatoms. The van der Waals surface area contributed by atoms with E-state index >= 15 is 0 Å². The minimum absolute atomic E-state index is 0.290. The van der Waals surface area contributed by atoms with Gasteiger partial charge in [-0.3, -0.25) is 0 Å². The van der Waals surface area contributed by atoms with Crippen LogP contribution in [0.25, 0.3) is 0 Å². The largest absolute Gasteiger partial charge is 0.482 e. The van der Waals surface area contributed by atoms with Crippen LogP contribution in [0.3, 0.4) is 0 Å². The number of ether oxygens (including phenoxy) is 1. The van der Waals surface area contributed by atoms with Crippen molar-refractivity contribution in [3.8, 4) is 5.75 Å². The van der Waals surface area contributed by atoms with Crippen LogP contribution in [0.2, 0.25) is 0 Å². The van der Waals surface area contributed by atoms with E-state index < -0.39 is 11.7 Å². The first-order valence-electron chi connectivity index (χ1n) is 7.41. The van der Waals surface area contributed by atoms with Gasteiger partial charge in [-0.25, -0.2) is 4.39 Å². The molecule has 116 valence electrons. The summed E-state index contributed by atoms with van der Waals surface area (Å²) in [5, 5.41) is 14.0. The average Bonchev–Trinajstić information content (AvgIpc) is 2.73. The molecule has 2 aromatic rings. The summed E-state index contributed by atoms with van der Waals surface area (Å²) in [4.78, 5) is 0. The highest BCUT2D eigenvalue weighted by molar-refractivity contribution is 5.41. The summed E-state index contributed by atoms with van der Waals surface area (Å²) in [6.07, 6.45) is -0.144. The quantitative estimate of drug-likeness (QED) is 0.912. The van der Waals surface area contributed by atoms with Crippen molar-refractivity contribution in [3.05, 3.63) is 65.0 Å². The van der Waals surface area contributed by atoms with Crippen LogP contribution in [0, 0.1) is 12.7 Å². The maximum atomic E-state index is 13.5. The molecule has 1 aliphatic carbocycles. The predicted molar refractivity (Wildman–Crippen MR) is 83.5 cm³/mol. The smallest absolute Gasteiger partial charge is 0.154 e. The fourth-order valence-electron chi connectivity index (χ4n) is 3.15. The number of nitrogens with one attached hydrogen (secondary N) is 1. The lowest BCUT2D eigenvalue weighted by Crippen LogP contribution is -2.45. The Morgan fingerprint density at radius 1 is 1.32 bits per heavy atom. The summed E-state index contributed by atoms with van der Waals surface area (Å²) in [5.41, 5.74) is 1.57. The normalized spacial score (nSPS) is 23.4. The van der Waals surface area contributed by atoms with Gasteiger partial charge in [0, 0.05) is 13.0 Å². The molecule has 3 rings (SSSR count). The van der Waals surface area contributed by atoms with Crippen LogP contribution >= 0.6 is 0 Å². The Kier molecular flexibility index (Phi) is 3.89. The zero-order valence-corrected chi connectivity index (χ0v) is 12.8. The lowest BCUT2D eigenvalue weighted by molar-refractivity contribution is -0.0486. The molecular weight excluding hydrogens is 281 g/mol. The highest BCUT2D eigenvalue weighted by Crippen LogP contribution is 2.42. The van der Waals surface area contributed by atoms with Gasteiger partial charge in [0.1, 0.15) is 17.2 Å². The third kappa shape index (κ3) is 2.60. The van der Waals surface area contributed by atoms with Crippen molar-refractivity contribution < 1.29 is 14.2 Å². The SMILES string of the molecule is CNCC1(O)Cc2cc(F)ccc2C1Oc1ccccc1C. The van der Waals surface area contributed by atoms with Crippen LogP contribution in [-0.4, -0.2) is 24.3 Å². The second-order valence-corrected chi connectivity index (χ2v) is 5.92. The maximum absolute atomic E-state index is 13.5. The van der Waals surface area contributed by atoms with Crippen LogP contribution in [0.15, 0.2) is 42.5 Å². The van der Waals surface area contributed by atoms with Gasteiger partial charge in [-0.1, -0.05) is 24.3 Å². The van der Waals surface area contributed by atoms with Gasteiger partial charge in [0.2, 0.25) is 0 Å². The lowest BCUT2D eigenvalue weighted by atomic mass is 9.97. The molecule has 0 spiro atoms. The van der Waals surface area contributed by atoms with Crippen LogP contribution in [0.4, 0.5) is 4.39 Å². The minimum atomic E-state index is -1.09. The molecule has 2 unspecified atom stereocenters. The van der Waals surface area contributed by atoms with E-state index in [4.69, 9.17) is 4.74 Å². The Bertz CT molecular complexity index is 689. The van der Waals surface area contributed by atoms with Crippen LogP contribution in [0.1, 0.15) is 22.8 Å². The van der Waals surface area contributed by atoms with Crippen molar-refractivity contribution in [1.29, 1.82) is 0 Å². The van der Waals surface area contributed by atoms with Gasteiger partial charge in [0.15, 0.2) is 6.10 Å². The minimum Gasteiger partial charge on any atom is -0.482 e. The Labute approximate surface area is 129 Å². The fraction of sp³-hybridized carbons (Fsp3) is 0.333. The van der Waals surface area contributed by atoms with E-state index in [1.165, 1.54) is 12.1 Å². The number of benzene rings is 2. The van der Waals surface area contributed by atoms with Gasteiger partial charge in [-0.05, 0) is 48.9 Å². The van der Waals surface area contributed by atoms with Gasteiger partial charge in [0.05, 0.1) is 0 Å². The van der Waals surface area contributed by atoms with Gasteiger partial charge in [-0.15, -0.1) is 0 Å². The van der Waals surface area contributed by atoms with E-state index in [1.807, 2.05) is 31.2 Å². The number of likely N-dealkylation sites (N-methyl/N-ethyl adjacent to an activating group) is 1. The summed E-state index contributed by atoms with van der Waals surface area (Å²) < 4.78 is 19.6. The topological polar surface area (TPSA) is 41.5 Å². The Hall–Kier alpha value is -1.91. The molecule has 22 heavy (non-hydrogen) atoms. The van der Waals surface area contributed by atoms with Gasteiger partial charge >= 0.3 is 0 Å².